The third-order valence-electron chi connectivity index (χ3n) is 1.84. The van der Waals surface area contributed by atoms with E-state index in [0.29, 0.717) is 18.3 Å². The zero-order valence-electron chi connectivity index (χ0n) is 8.63. The van der Waals surface area contributed by atoms with Crippen LogP contribution in [0.15, 0.2) is 30.3 Å². The van der Waals surface area contributed by atoms with E-state index in [-0.39, 0.29) is 6.61 Å². The normalized spacial score (nSPS) is 14.8. The van der Waals surface area contributed by atoms with Crippen molar-refractivity contribution in [3.05, 3.63) is 30.3 Å². The van der Waals surface area contributed by atoms with E-state index in [2.05, 4.69) is 0 Å². The van der Waals surface area contributed by atoms with Gasteiger partial charge in [0.2, 0.25) is 0 Å². The number of rotatable bonds is 6. The van der Waals surface area contributed by atoms with Gasteiger partial charge in [0.15, 0.2) is 0 Å². The lowest BCUT2D eigenvalue weighted by atomic mass is 10.4. The molecule has 1 atom stereocenters. The van der Waals surface area contributed by atoms with E-state index in [0.717, 1.165) is 0 Å². The van der Waals surface area contributed by atoms with E-state index >= 15 is 0 Å². The van der Waals surface area contributed by atoms with Crippen LogP contribution in [-0.2, 0) is 13.8 Å². The fourth-order valence-corrected chi connectivity index (χ4v) is 2.16. The molecular formula is C10H15O4P. The largest absolute Gasteiger partial charge is 0.385 e. The smallest absolute Gasteiger partial charge is 0.358 e. The lowest BCUT2D eigenvalue weighted by molar-refractivity contribution is 0.167. The van der Waals surface area contributed by atoms with E-state index in [1.165, 1.54) is 0 Å². The lowest BCUT2D eigenvalue weighted by Crippen LogP contribution is -2.08. The maximum atomic E-state index is 11.7. The highest BCUT2D eigenvalue weighted by molar-refractivity contribution is 7.61. The van der Waals surface area contributed by atoms with Gasteiger partial charge in [-0.3, -0.25) is 4.57 Å². The van der Waals surface area contributed by atoms with Gasteiger partial charge in [0, 0.05) is 13.7 Å². The highest BCUT2D eigenvalue weighted by Crippen LogP contribution is 2.40. The minimum atomic E-state index is -3.64. The number of methoxy groups -OCH3 is 1. The van der Waals surface area contributed by atoms with Crippen LogP contribution in [0, 0.1) is 0 Å². The molecule has 1 unspecified atom stereocenters. The molecule has 0 aliphatic heterocycles. The molecule has 0 saturated carbocycles. The summed E-state index contributed by atoms with van der Waals surface area (Å²) < 4.78 is 21.4. The Morgan fingerprint density at radius 2 is 1.93 bits per heavy atom. The molecule has 0 spiro atoms. The Balaban J connectivity index is 2.49. The van der Waals surface area contributed by atoms with Crippen molar-refractivity contribution in [3.8, 4) is 0 Å². The molecule has 15 heavy (non-hydrogen) atoms. The van der Waals surface area contributed by atoms with Crippen LogP contribution in [-0.4, -0.2) is 25.2 Å². The van der Waals surface area contributed by atoms with Crippen LogP contribution in [0.1, 0.15) is 6.42 Å². The molecule has 1 aromatic carbocycles. The summed E-state index contributed by atoms with van der Waals surface area (Å²) in [6.07, 6.45) is 0.605. The van der Waals surface area contributed by atoms with E-state index in [1.54, 1.807) is 37.4 Å². The second-order valence-electron chi connectivity index (χ2n) is 3.04. The quantitative estimate of drug-likeness (QED) is 0.595. The van der Waals surface area contributed by atoms with Crippen LogP contribution in [0.5, 0.6) is 0 Å². The Morgan fingerprint density at radius 1 is 1.27 bits per heavy atom. The Morgan fingerprint density at radius 3 is 2.53 bits per heavy atom. The van der Waals surface area contributed by atoms with Crippen LogP contribution in [0.3, 0.4) is 0 Å². The lowest BCUT2D eigenvalue weighted by Gasteiger charge is -2.11. The van der Waals surface area contributed by atoms with Gasteiger partial charge >= 0.3 is 7.60 Å². The van der Waals surface area contributed by atoms with Gasteiger partial charge in [0.05, 0.1) is 11.9 Å². The van der Waals surface area contributed by atoms with Crippen molar-refractivity contribution in [1.82, 2.24) is 0 Å². The minimum Gasteiger partial charge on any atom is -0.385 e. The zero-order valence-corrected chi connectivity index (χ0v) is 9.52. The summed E-state index contributed by atoms with van der Waals surface area (Å²) in [6.45, 7) is 0.741. The van der Waals surface area contributed by atoms with Crippen molar-refractivity contribution in [2.45, 2.75) is 6.42 Å². The highest BCUT2D eigenvalue weighted by atomic mass is 31.2. The molecule has 0 amide bonds. The van der Waals surface area contributed by atoms with Gasteiger partial charge in [-0.1, -0.05) is 18.2 Å². The molecule has 5 heteroatoms. The molecular weight excluding hydrogens is 215 g/mol. The molecule has 0 aliphatic rings. The molecule has 0 fully saturated rings. The molecule has 0 bridgehead atoms. The van der Waals surface area contributed by atoms with Gasteiger partial charge in [-0.2, -0.15) is 0 Å². The maximum absolute atomic E-state index is 11.7. The third-order valence-corrected chi connectivity index (χ3v) is 3.32. The fourth-order valence-electron chi connectivity index (χ4n) is 1.08. The molecule has 1 aromatic rings. The average molecular weight is 230 g/mol. The summed E-state index contributed by atoms with van der Waals surface area (Å²) >= 11 is 0. The van der Waals surface area contributed by atoms with Gasteiger partial charge in [-0.25, -0.2) is 0 Å². The van der Waals surface area contributed by atoms with Gasteiger partial charge in [-0.15, -0.1) is 0 Å². The first-order valence-electron chi connectivity index (χ1n) is 4.69. The Hall–Kier alpha value is -0.670. The van der Waals surface area contributed by atoms with Crippen molar-refractivity contribution >= 4 is 12.9 Å². The number of hydrogen-bond acceptors (Lipinski definition) is 3. The second kappa shape index (κ2) is 6.03. The number of hydrogen-bond donors (Lipinski definition) is 1. The van der Waals surface area contributed by atoms with Gasteiger partial charge in [0.1, 0.15) is 0 Å². The molecule has 84 valence electrons. The summed E-state index contributed by atoms with van der Waals surface area (Å²) in [5, 5.41) is 0.322. The van der Waals surface area contributed by atoms with Crippen LogP contribution in [0.25, 0.3) is 0 Å². The highest BCUT2D eigenvalue weighted by Gasteiger charge is 2.21. The Bertz CT molecular complexity index is 325. The number of ether oxygens (including phenoxy) is 1. The summed E-state index contributed by atoms with van der Waals surface area (Å²) in [5.74, 6) is 0. The van der Waals surface area contributed by atoms with E-state index in [1.807, 2.05) is 0 Å². The summed E-state index contributed by atoms with van der Waals surface area (Å²) in [7, 11) is -2.06. The summed E-state index contributed by atoms with van der Waals surface area (Å²) in [5.41, 5.74) is 0. The van der Waals surface area contributed by atoms with Crippen LogP contribution < -0.4 is 5.30 Å². The first-order valence-corrected chi connectivity index (χ1v) is 6.26. The van der Waals surface area contributed by atoms with Crippen molar-refractivity contribution in [2.24, 2.45) is 0 Å². The van der Waals surface area contributed by atoms with E-state index in [9.17, 15) is 9.46 Å². The van der Waals surface area contributed by atoms with Crippen LogP contribution >= 0.6 is 7.60 Å². The van der Waals surface area contributed by atoms with Crippen molar-refractivity contribution in [1.29, 1.82) is 0 Å². The molecule has 1 rings (SSSR count). The van der Waals surface area contributed by atoms with Crippen molar-refractivity contribution in [2.75, 3.05) is 20.3 Å². The molecule has 1 N–H and O–H groups in total. The standard InChI is InChI=1S/C10H15O4P/c1-13-8-5-9-14-15(11,12)10-6-3-2-4-7-10/h2-4,6-7H,5,8-9H2,1H3,(H,11,12). The summed E-state index contributed by atoms with van der Waals surface area (Å²) in [4.78, 5) is 9.58. The van der Waals surface area contributed by atoms with E-state index in [4.69, 9.17) is 9.26 Å². The maximum Gasteiger partial charge on any atom is 0.358 e. The average Bonchev–Trinajstić information content (AvgIpc) is 2.26. The summed E-state index contributed by atoms with van der Waals surface area (Å²) in [6, 6.07) is 8.36. The van der Waals surface area contributed by atoms with Crippen LogP contribution in [0.4, 0.5) is 0 Å². The first-order chi connectivity index (χ1) is 7.17. The molecule has 0 aromatic heterocycles. The van der Waals surface area contributed by atoms with Gasteiger partial charge < -0.3 is 14.2 Å². The van der Waals surface area contributed by atoms with Gasteiger partial charge in [-0.05, 0) is 18.6 Å². The van der Waals surface area contributed by atoms with Crippen LogP contribution in [0.2, 0.25) is 0 Å². The van der Waals surface area contributed by atoms with Crippen molar-refractivity contribution < 1.29 is 18.7 Å². The SMILES string of the molecule is COCCCOP(=O)(O)c1ccccc1. The third kappa shape index (κ3) is 4.14. The zero-order chi connectivity index (χ0) is 11.1. The predicted molar refractivity (Wildman–Crippen MR) is 58.3 cm³/mol. The molecule has 0 aliphatic carbocycles. The fraction of sp³-hybridized carbons (Fsp3) is 0.400. The minimum absolute atomic E-state index is 0.219. The topological polar surface area (TPSA) is 55.8 Å². The first kappa shape index (κ1) is 12.4. The second-order valence-corrected chi connectivity index (χ2v) is 4.85. The monoisotopic (exact) mass is 230 g/mol. The Labute approximate surface area is 89.4 Å². The predicted octanol–water partition coefficient (Wildman–Crippen LogP) is 1.55. The number of benzene rings is 1. The Kier molecular flexibility index (Phi) is 4.99. The molecule has 4 nitrogen and oxygen atoms in total. The van der Waals surface area contributed by atoms with Crippen molar-refractivity contribution in [3.63, 3.8) is 0 Å². The molecule has 0 radical (unpaired) electrons. The molecule has 0 saturated heterocycles. The van der Waals surface area contributed by atoms with E-state index < -0.39 is 7.60 Å². The van der Waals surface area contributed by atoms with Gasteiger partial charge in [0.25, 0.3) is 0 Å². The molecule has 0 heterocycles.